The van der Waals surface area contributed by atoms with Crippen LogP contribution in [0.2, 0.25) is 10.2 Å². The summed E-state index contributed by atoms with van der Waals surface area (Å²) < 4.78 is 33.9. The Bertz CT molecular complexity index is 1190. The summed E-state index contributed by atoms with van der Waals surface area (Å²) in [6, 6.07) is 7.98. The number of benzene rings is 1. The minimum absolute atomic E-state index is 0.118. The summed E-state index contributed by atoms with van der Waals surface area (Å²) in [4.78, 5) is 9.20. The third-order valence-electron chi connectivity index (χ3n) is 5.21. The highest BCUT2D eigenvalue weighted by Gasteiger charge is 2.30. The average Bonchev–Trinajstić information content (AvgIpc) is 3.08. The second-order valence-corrected chi connectivity index (χ2v) is 10.3. The van der Waals surface area contributed by atoms with Gasteiger partial charge in [-0.05, 0) is 37.5 Å². The first-order valence-corrected chi connectivity index (χ1v) is 12.1. The zero-order valence-electron chi connectivity index (χ0n) is 16.4. The molecule has 2 N–H and O–H groups in total. The van der Waals surface area contributed by atoms with E-state index in [9.17, 15) is 8.42 Å². The Kier molecular flexibility index (Phi) is 5.94. The SMILES string of the molecule is CC(CS(=O)(=O)c1ccccc1N)c1nc2c(Cl)cc(Cl)nc2n1C1CCCCO1. The first kappa shape index (κ1) is 21.4. The van der Waals surface area contributed by atoms with Crippen LogP contribution in [-0.4, -0.2) is 35.3 Å². The lowest BCUT2D eigenvalue weighted by Crippen LogP contribution is -2.23. The fourth-order valence-corrected chi connectivity index (χ4v) is 6.01. The van der Waals surface area contributed by atoms with Crippen LogP contribution in [0.25, 0.3) is 11.2 Å². The second kappa shape index (κ2) is 8.34. The zero-order valence-corrected chi connectivity index (χ0v) is 18.7. The third kappa shape index (κ3) is 4.01. The zero-order chi connectivity index (χ0) is 21.5. The van der Waals surface area contributed by atoms with Crippen LogP contribution in [0.4, 0.5) is 5.69 Å². The van der Waals surface area contributed by atoms with Gasteiger partial charge in [-0.3, -0.25) is 4.57 Å². The van der Waals surface area contributed by atoms with Crippen molar-refractivity contribution in [3.05, 3.63) is 46.3 Å². The smallest absolute Gasteiger partial charge is 0.181 e. The fraction of sp³-hybridized carbons (Fsp3) is 0.400. The van der Waals surface area contributed by atoms with Crippen molar-refractivity contribution in [2.24, 2.45) is 0 Å². The van der Waals surface area contributed by atoms with Crippen molar-refractivity contribution in [1.29, 1.82) is 0 Å². The molecule has 2 unspecified atom stereocenters. The number of anilines is 1. The topological polar surface area (TPSA) is 100 Å². The molecule has 2 aromatic heterocycles. The van der Waals surface area contributed by atoms with Gasteiger partial charge in [-0.2, -0.15) is 0 Å². The first-order valence-electron chi connectivity index (χ1n) is 9.70. The highest BCUT2D eigenvalue weighted by Crippen LogP contribution is 2.35. The molecule has 1 saturated heterocycles. The van der Waals surface area contributed by atoms with Crippen LogP contribution >= 0.6 is 23.2 Å². The summed E-state index contributed by atoms with van der Waals surface area (Å²) in [5.41, 5.74) is 7.11. The van der Waals surface area contributed by atoms with Crippen LogP contribution in [0, 0.1) is 0 Å². The Morgan fingerprint density at radius 2 is 2.03 bits per heavy atom. The van der Waals surface area contributed by atoms with E-state index in [1.165, 1.54) is 12.1 Å². The molecule has 1 fully saturated rings. The monoisotopic (exact) mass is 468 g/mol. The molecule has 0 bridgehead atoms. The van der Waals surface area contributed by atoms with Crippen molar-refractivity contribution in [3.63, 3.8) is 0 Å². The number of para-hydroxylation sites is 1. The molecule has 30 heavy (non-hydrogen) atoms. The van der Waals surface area contributed by atoms with Gasteiger partial charge in [0.25, 0.3) is 0 Å². The molecule has 3 aromatic rings. The van der Waals surface area contributed by atoms with E-state index in [1.807, 2.05) is 11.5 Å². The lowest BCUT2D eigenvalue weighted by molar-refractivity contribution is -0.0316. The summed E-state index contributed by atoms with van der Waals surface area (Å²) in [6.45, 7) is 2.43. The van der Waals surface area contributed by atoms with Crippen LogP contribution < -0.4 is 5.73 Å². The van der Waals surface area contributed by atoms with Crippen molar-refractivity contribution in [3.8, 4) is 0 Å². The molecule has 1 aliphatic heterocycles. The van der Waals surface area contributed by atoms with Gasteiger partial charge in [0, 0.05) is 12.5 Å². The number of rotatable bonds is 5. The normalized spacial score (nSPS) is 18.6. The number of pyridine rings is 1. The fourth-order valence-electron chi connectivity index (χ4n) is 3.83. The van der Waals surface area contributed by atoms with Crippen molar-refractivity contribution < 1.29 is 13.2 Å². The number of nitrogen functional groups attached to an aromatic ring is 1. The lowest BCUT2D eigenvalue weighted by atomic mass is 10.1. The van der Waals surface area contributed by atoms with Crippen LogP contribution in [0.3, 0.4) is 0 Å². The first-order chi connectivity index (χ1) is 14.3. The van der Waals surface area contributed by atoms with Gasteiger partial charge in [-0.15, -0.1) is 0 Å². The van der Waals surface area contributed by atoms with E-state index in [0.717, 1.165) is 19.3 Å². The number of halogens is 2. The van der Waals surface area contributed by atoms with Crippen molar-refractivity contribution in [2.75, 3.05) is 18.1 Å². The molecule has 0 radical (unpaired) electrons. The average molecular weight is 469 g/mol. The molecule has 1 aromatic carbocycles. The molecule has 4 rings (SSSR count). The number of aromatic nitrogens is 3. The summed E-state index contributed by atoms with van der Waals surface area (Å²) in [6.07, 6.45) is 2.44. The van der Waals surface area contributed by atoms with Gasteiger partial charge in [0.1, 0.15) is 22.7 Å². The van der Waals surface area contributed by atoms with Crippen molar-refractivity contribution in [2.45, 2.75) is 43.2 Å². The minimum Gasteiger partial charge on any atom is -0.398 e. The van der Waals surface area contributed by atoms with Gasteiger partial charge in [0.2, 0.25) is 0 Å². The molecule has 10 heteroatoms. The standard InChI is InChI=1S/C20H22Cl2N4O3S/c1-12(11-30(27,28)15-7-3-2-6-14(15)23)19-25-18-13(21)10-16(22)24-20(18)26(19)17-8-4-5-9-29-17/h2-3,6-7,10,12,17H,4-5,8-9,11,23H2,1H3. The van der Waals surface area contributed by atoms with Crippen LogP contribution in [0.1, 0.15) is 44.2 Å². The quantitative estimate of drug-likeness (QED) is 0.433. The van der Waals surface area contributed by atoms with Crippen LogP contribution in [0.15, 0.2) is 35.2 Å². The minimum atomic E-state index is -3.64. The maximum atomic E-state index is 13.0. The van der Waals surface area contributed by atoms with E-state index in [2.05, 4.69) is 9.97 Å². The number of hydrogen-bond donors (Lipinski definition) is 1. The van der Waals surface area contributed by atoms with E-state index in [4.69, 9.17) is 33.7 Å². The molecule has 7 nitrogen and oxygen atoms in total. The van der Waals surface area contributed by atoms with E-state index < -0.39 is 15.8 Å². The van der Waals surface area contributed by atoms with E-state index in [1.54, 1.807) is 18.2 Å². The molecule has 0 spiro atoms. The summed E-state index contributed by atoms with van der Waals surface area (Å²) in [7, 11) is -3.64. The molecule has 1 aliphatic rings. The highest BCUT2D eigenvalue weighted by molar-refractivity contribution is 7.91. The van der Waals surface area contributed by atoms with E-state index in [0.29, 0.717) is 28.6 Å². The van der Waals surface area contributed by atoms with Gasteiger partial charge in [-0.25, -0.2) is 18.4 Å². The molecular weight excluding hydrogens is 447 g/mol. The second-order valence-electron chi connectivity index (χ2n) is 7.48. The summed E-state index contributed by atoms with van der Waals surface area (Å²) in [5, 5.41) is 0.608. The molecule has 0 aliphatic carbocycles. The van der Waals surface area contributed by atoms with E-state index >= 15 is 0 Å². The summed E-state index contributed by atoms with van der Waals surface area (Å²) in [5.74, 6) is -0.0707. The van der Waals surface area contributed by atoms with Gasteiger partial charge in [0.15, 0.2) is 15.5 Å². The number of fused-ring (bicyclic) bond motifs is 1. The molecule has 2 atom stereocenters. The van der Waals surface area contributed by atoms with Gasteiger partial charge < -0.3 is 10.5 Å². The Morgan fingerprint density at radius 3 is 2.73 bits per heavy atom. The third-order valence-corrected chi connectivity index (χ3v) is 7.67. The number of ether oxygens (including phenoxy) is 1. The maximum absolute atomic E-state index is 13.0. The van der Waals surface area contributed by atoms with Gasteiger partial charge in [-0.1, -0.05) is 42.3 Å². The molecule has 0 saturated carbocycles. The molecule has 0 amide bonds. The van der Waals surface area contributed by atoms with Crippen LogP contribution in [0.5, 0.6) is 0 Å². The lowest BCUT2D eigenvalue weighted by Gasteiger charge is -2.27. The largest absolute Gasteiger partial charge is 0.398 e. The predicted octanol–water partition coefficient (Wildman–Crippen LogP) is 4.60. The molecule has 3 heterocycles. The Balaban J connectivity index is 1.79. The number of nitrogens with two attached hydrogens (primary N) is 1. The molecule has 160 valence electrons. The van der Waals surface area contributed by atoms with Crippen LogP contribution in [-0.2, 0) is 14.6 Å². The van der Waals surface area contributed by atoms with Crippen molar-refractivity contribution in [1.82, 2.24) is 14.5 Å². The predicted molar refractivity (Wildman–Crippen MR) is 118 cm³/mol. The number of nitrogens with zero attached hydrogens (tertiary/aromatic N) is 3. The number of imidazole rings is 1. The highest BCUT2D eigenvalue weighted by atomic mass is 35.5. The molecular formula is C20H22Cl2N4O3S. The summed E-state index contributed by atoms with van der Waals surface area (Å²) >= 11 is 12.5. The Labute approximate surface area is 185 Å². The maximum Gasteiger partial charge on any atom is 0.181 e. The van der Waals surface area contributed by atoms with Crippen molar-refractivity contribution >= 4 is 49.9 Å². The van der Waals surface area contributed by atoms with Gasteiger partial charge in [0.05, 0.1) is 21.4 Å². The Morgan fingerprint density at radius 1 is 1.27 bits per heavy atom. The Hall–Kier alpha value is -1.87. The number of hydrogen-bond acceptors (Lipinski definition) is 6. The van der Waals surface area contributed by atoms with E-state index in [-0.39, 0.29) is 27.7 Å². The van der Waals surface area contributed by atoms with Gasteiger partial charge >= 0.3 is 0 Å². The number of sulfone groups is 1.